The Kier molecular flexibility index (Phi) is 4.57. The molecule has 0 unspecified atom stereocenters. The SMILES string of the molecule is COc1ccc(OCC(=O)N/N=C2/CCc3ccccc32)cc1. The topological polar surface area (TPSA) is 59.9 Å². The van der Waals surface area contributed by atoms with E-state index in [2.05, 4.69) is 16.6 Å². The van der Waals surface area contributed by atoms with Crippen LogP contribution in [0.15, 0.2) is 53.6 Å². The molecule has 2 aromatic carbocycles. The Balaban J connectivity index is 1.53. The fourth-order valence-electron chi connectivity index (χ4n) is 2.51. The van der Waals surface area contributed by atoms with Crippen molar-refractivity contribution >= 4 is 11.6 Å². The zero-order chi connectivity index (χ0) is 16.1. The lowest BCUT2D eigenvalue weighted by Gasteiger charge is -2.06. The molecule has 118 valence electrons. The van der Waals surface area contributed by atoms with E-state index in [0.29, 0.717) is 5.75 Å². The van der Waals surface area contributed by atoms with Crippen LogP contribution in [0.25, 0.3) is 0 Å². The van der Waals surface area contributed by atoms with Gasteiger partial charge >= 0.3 is 0 Å². The quantitative estimate of drug-likeness (QED) is 0.863. The van der Waals surface area contributed by atoms with E-state index in [4.69, 9.17) is 9.47 Å². The van der Waals surface area contributed by atoms with Gasteiger partial charge in [0.2, 0.25) is 0 Å². The third kappa shape index (κ3) is 3.69. The molecule has 5 heteroatoms. The van der Waals surface area contributed by atoms with Gasteiger partial charge in [0.1, 0.15) is 11.5 Å². The number of nitrogens with zero attached hydrogens (tertiary/aromatic N) is 1. The van der Waals surface area contributed by atoms with Gasteiger partial charge in [-0.05, 0) is 42.7 Å². The number of amides is 1. The summed E-state index contributed by atoms with van der Waals surface area (Å²) in [6.07, 6.45) is 1.81. The van der Waals surface area contributed by atoms with Crippen molar-refractivity contribution in [3.63, 3.8) is 0 Å². The first-order valence-electron chi connectivity index (χ1n) is 7.47. The summed E-state index contributed by atoms with van der Waals surface area (Å²) in [5.74, 6) is 1.07. The molecular weight excluding hydrogens is 292 g/mol. The molecule has 0 bridgehead atoms. The molecule has 0 heterocycles. The van der Waals surface area contributed by atoms with Gasteiger partial charge in [-0.3, -0.25) is 4.79 Å². The van der Waals surface area contributed by atoms with Crippen molar-refractivity contribution in [2.24, 2.45) is 5.10 Å². The zero-order valence-electron chi connectivity index (χ0n) is 12.9. The third-order valence-electron chi connectivity index (χ3n) is 3.70. The van der Waals surface area contributed by atoms with E-state index in [0.717, 1.165) is 29.9 Å². The lowest BCUT2D eigenvalue weighted by Crippen LogP contribution is -2.25. The van der Waals surface area contributed by atoms with Gasteiger partial charge in [0, 0.05) is 5.56 Å². The van der Waals surface area contributed by atoms with Crippen molar-refractivity contribution in [2.45, 2.75) is 12.8 Å². The number of nitrogens with one attached hydrogen (secondary N) is 1. The summed E-state index contributed by atoms with van der Waals surface area (Å²) < 4.78 is 10.5. The molecule has 1 aliphatic rings. The van der Waals surface area contributed by atoms with Crippen molar-refractivity contribution in [1.82, 2.24) is 5.43 Å². The first-order valence-corrected chi connectivity index (χ1v) is 7.47. The van der Waals surface area contributed by atoms with Gasteiger partial charge in [0.15, 0.2) is 6.61 Å². The number of carbonyl (C=O) groups excluding carboxylic acids is 1. The van der Waals surface area contributed by atoms with Crippen molar-refractivity contribution in [2.75, 3.05) is 13.7 Å². The van der Waals surface area contributed by atoms with Crippen LogP contribution in [0.5, 0.6) is 11.5 Å². The first kappa shape index (κ1) is 15.1. The van der Waals surface area contributed by atoms with Crippen molar-refractivity contribution < 1.29 is 14.3 Å². The highest BCUT2D eigenvalue weighted by Crippen LogP contribution is 2.21. The van der Waals surface area contributed by atoms with Crippen molar-refractivity contribution in [1.29, 1.82) is 0 Å². The molecule has 0 aromatic heterocycles. The number of hydrogen-bond acceptors (Lipinski definition) is 4. The molecule has 0 atom stereocenters. The number of hydrogen-bond donors (Lipinski definition) is 1. The van der Waals surface area contributed by atoms with Gasteiger partial charge in [0.05, 0.1) is 12.8 Å². The number of ether oxygens (including phenoxy) is 2. The second-order valence-corrected chi connectivity index (χ2v) is 5.21. The number of carbonyl (C=O) groups is 1. The van der Waals surface area contributed by atoms with Crippen LogP contribution in [0.2, 0.25) is 0 Å². The minimum absolute atomic E-state index is 0.0786. The monoisotopic (exact) mass is 310 g/mol. The van der Waals surface area contributed by atoms with E-state index in [9.17, 15) is 4.79 Å². The van der Waals surface area contributed by atoms with E-state index in [-0.39, 0.29) is 12.5 Å². The summed E-state index contributed by atoms with van der Waals surface area (Å²) in [7, 11) is 1.60. The highest BCUT2D eigenvalue weighted by Gasteiger charge is 2.17. The maximum atomic E-state index is 11.8. The fourth-order valence-corrected chi connectivity index (χ4v) is 2.51. The Hall–Kier alpha value is -2.82. The summed E-state index contributed by atoms with van der Waals surface area (Å²) >= 11 is 0. The first-order chi connectivity index (χ1) is 11.3. The maximum absolute atomic E-state index is 11.8. The van der Waals surface area contributed by atoms with E-state index < -0.39 is 0 Å². The summed E-state index contributed by atoms with van der Waals surface area (Å²) in [6, 6.07) is 15.2. The number of rotatable bonds is 5. The second-order valence-electron chi connectivity index (χ2n) is 5.21. The number of benzene rings is 2. The Bertz CT molecular complexity index is 723. The lowest BCUT2D eigenvalue weighted by atomic mass is 10.1. The van der Waals surface area contributed by atoms with E-state index in [1.54, 1.807) is 31.4 Å². The molecule has 3 rings (SSSR count). The number of hydrazone groups is 1. The molecule has 2 aromatic rings. The average molecular weight is 310 g/mol. The summed E-state index contributed by atoms with van der Waals surface area (Å²) in [4.78, 5) is 11.8. The largest absolute Gasteiger partial charge is 0.497 e. The Morgan fingerprint density at radius 3 is 2.61 bits per heavy atom. The van der Waals surface area contributed by atoms with Crippen LogP contribution in [0.4, 0.5) is 0 Å². The molecule has 0 fully saturated rings. The van der Waals surface area contributed by atoms with Crippen LogP contribution in [-0.4, -0.2) is 25.3 Å². The minimum Gasteiger partial charge on any atom is -0.497 e. The number of methoxy groups -OCH3 is 1. The standard InChI is InChI=1S/C18H18N2O3/c1-22-14-7-9-15(10-8-14)23-12-18(21)20-19-17-11-6-13-4-2-3-5-16(13)17/h2-5,7-10H,6,11-12H2,1H3,(H,20,21)/b19-17-. The number of aryl methyl sites for hydroxylation is 1. The van der Waals surface area contributed by atoms with Gasteiger partial charge in [-0.15, -0.1) is 0 Å². The highest BCUT2D eigenvalue weighted by molar-refractivity contribution is 6.04. The minimum atomic E-state index is -0.280. The lowest BCUT2D eigenvalue weighted by molar-refractivity contribution is -0.123. The summed E-state index contributed by atoms with van der Waals surface area (Å²) in [5.41, 5.74) is 5.86. The maximum Gasteiger partial charge on any atom is 0.277 e. The normalized spacial score (nSPS) is 14.4. The van der Waals surface area contributed by atoms with Crippen LogP contribution in [0.1, 0.15) is 17.5 Å². The molecule has 0 aliphatic heterocycles. The van der Waals surface area contributed by atoms with Gasteiger partial charge in [-0.2, -0.15) is 5.10 Å². The molecule has 0 saturated carbocycles. The van der Waals surface area contributed by atoms with Crippen LogP contribution >= 0.6 is 0 Å². The predicted octanol–water partition coefficient (Wildman–Crippen LogP) is 2.54. The molecule has 0 spiro atoms. The van der Waals surface area contributed by atoms with E-state index in [1.165, 1.54) is 5.56 Å². The van der Waals surface area contributed by atoms with Crippen molar-refractivity contribution in [3.8, 4) is 11.5 Å². The molecule has 1 aliphatic carbocycles. The second kappa shape index (κ2) is 6.96. The fraction of sp³-hybridized carbons (Fsp3) is 0.222. The van der Waals surface area contributed by atoms with Crippen molar-refractivity contribution in [3.05, 3.63) is 59.7 Å². The average Bonchev–Trinajstić information content (AvgIpc) is 3.02. The number of fused-ring (bicyclic) bond motifs is 1. The Labute approximate surface area is 134 Å². The van der Waals surface area contributed by atoms with Gasteiger partial charge in [-0.25, -0.2) is 5.43 Å². The molecule has 1 amide bonds. The van der Waals surface area contributed by atoms with Gasteiger partial charge < -0.3 is 9.47 Å². The summed E-state index contributed by atoms with van der Waals surface area (Å²) in [5, 5.41) is 4.22. The molecule has 1 N–H and O–H groups in total. The van der Waals surface area contributed by atoms with Crippen LogP contribution < -0.4 is 14.9 Å². The van der Waals surface area contributed by atoms with Crippen LogP contribution in [0, 0.1) is 0 Å². The van der Waals surface area contributed by atoms with Gasteiger partial charge in [-0.1, -0.05) is 24.3 Å². The van der Waals surface area contributed by atoms with Gasteiger partial charge in [0.25, 0.3) is 5.91 Å². The molecule has 23 heavy (non-hydrogen) atoms. The Morgan fingerprint density at radius 2 is 1.83 bits per heavy atom. The van der Waals surface area contributed by atoms with Crippen LogP contribution in [0.3, 0.4) is 0 Å². The molecular formula is C18H18N2O3. The third-order valence-corrected chi connectivity index (χ3v) is 3.70. The predicted molar refractivity (Wildman–Crippen MR) is 87.9 cm³/mol. The Morgan fingerprint density at radius 1 is 1.09 bits per heavy atom. The van der Waals surface area contributed by atoms with E-state index in [1.807, 2.05) is 18.2 Å². The zero-order valence-corrected chi connectivity index (χ0v) is 12.9. The highest BCUT2D eigenvalue weighted by atomic mass is 16.5. The smallest absolute Gasteiger partial charge is 0.277 e. The molecule has 5 nitrogen and oxygen atoms in total. The summed E-state index contributed by atoms with van der Waals surface area (Å²) in [6.45, 7) is -0.0786. The molecule has 0 radical (unpaired) electrons. The van der Waals surface area contributed by atoms with E-state index >= 15 is 0 Å². The molecule has 0 saturated heterocycles. The van der Waals surface area contributed by atoms with Crippen LogP contribution in [-0.2, 0) is 11.2 Å².